The highest BCUT2D eigenvalue weighted by atomic mass is 19.1. The van der Waals surface area contributed by atoms with E-state index in [9.17, 15) is 9.18 Å². The number of amides is 1. The topological polar surface area (TPSA) is 59.8 Å². The molecule has 2 aromatic heterocycles. The summed E-state index contributed by atoms with van der Waals surface area (Å²) in [6, 6.07) is 8.52. The molecule has 3 rings (SSSR count). The summed E-state index contributed by atoms with van der Waals surface area (Å²) in [5.74, 6) is 0.0954. The molecule has 1 aromatic carbocycles. The first-order valence-electron chi connectivity index (χ1n) is 7.78. The minimum absolute atomic E-state index is 0.246. The van der Waals surface area contributed by atoms with Crippen LogP contribution in [0.2, 0.25) is 0 Å². The molecule has 5 nitrogen and oxygen atoms in total. The number of imidazole rings is 1. The fourth-order valence-corrected chi connectivity index (χ4v) is 2.38. The Hall–Kier alpha value is -3.28. The van der Waals surface area contributed by atoms with Gasteiger partial charge in [-0.3, -0.25) is 9.78 Å². The summed E-state index contributed by atoms with van der Waals surface area (Å²) in [7, 11) is 0. The highest BCUT2D eigenvalue weighted by Gasteiger charge is 2.08. The maximum atomic E-state index is 14.3. The lowest BCUT2D eigenvalue weighted by Crippen LogP contribution is -2.20. The number of hydrogen-bond donors (Lipinski definition) is 1. The molecule has 6 heteroatoms. The molecule has 0 aliphatic rings. The fourth-order valence-electron chi connectivity index (χ4n) is 2.38. The third-order valence-electron chi connectivity index (χ3n) is 3.68. The van der Waals surface area contributed by atoms with E-state index < -0.39 is 0 Å². The number of aryl methyl sites for hydroxylation is 1. The van der Waals surface area contributed by atoms with Gasteiger partial charge in [-0.2, -0.15) is 0 Å². The molecule has 0 saturated heterocycles. The molecule has 0 atom stereocenters. The predicted octanol–water partition coefficient (Wildman–Crippen LogP) is 3.04. The summed E-state index contributed by atoms with van der Waals surface area (Å²) in [6.45, 7) is 2.05. The lowest BCUT2D eigenvalue weighted by Gasteiger charge is -2.09. The van der Waals surface area contributed by atoms with Gasteiger partial charge in [0.05, 0.1) is 5.69 Å². The zero-order chi connectivity index (χ0) is 17.6. The maximum Gasteiger partial charge on any atom is 0.244 e. The molecule has 0 bridgehead atoms. The third-order valence-corrected chi connectivity index (χ3v) is 3.68. The van der Waals surface area contributed by atoms with Gasteiger partial charge in [-0.25, -0.2) is 9.37 Å². The van der Waals surface area contributed by atoms with Crippen LogP contribution in [0.25, 0.3) is 11.8 Å². The molecule has 1 amide bonds. The lowest BCUT2D eigenvalue weighted by atomic mass is 10.2. The Morgan fingerprint density at radius 1 is 1.32 bits per heavy atom. The van der Waals surface area contributed by atoms with Crippen LogP contribution in [0.4, 0.5) is 4.39 Å². The number of pyridine rings is 1. The molecule has 126 valence electrons. The van der Waals surface area contributed by atoms with E-state index in [0.29, 0.717) is 17.1 Å². The van der Waals surface area contributed by atoms with Crippen LogP contribution >= 0.6 is 0 Å². The van der Waals surface area contributed by atoms with Crippen molar-refractivity contribution in [2.45, 2.75) is 13.5 Å². The van der Waals surface area contributed by atoms with Crippen LogP contribution in [-0.4, -0.2) is 20.4 Å². The first kappa shape index (κ1) is 16.6. The van der Waals surface area contributed by atoms with Crippen LogP contribution in [0.1, 0.15) is 17.0 Å². The second-order valence-electron chi connectivity index (χ2n) is 5.47. The van der Waals surface area contributed by atoms with Gasteiger partial charge < -0.3 is 9.88 Å². The Labute approximate surface area is 144 Å². The van der Waals surface area contributed by atoms with Gasteiger partial charge in [0.1, 0.15) is 11.6 Å². The summed E-state index contributed by atoms with van der Waals surface area (Å²) >= 11 is 0. The third kappa shape index (κ3) is 4.17. The molecule has 0 saturated carbocycles. The van der Waals surface area contributed by atoms with E-state index in [1.807, 2.05) is 13.0 Å². The normalized spacial score (nSPS) is 11.0. The number of nitrogens with zero attached hydrogens (tertiary/aromatic N) is 3. The Morgan fingerprint density at radius 2 is 2.20 bits per heavy atom. The average Bonchev–Trinajstić information content (AvgIpc) is 3.05. The van der Waals surface area contributed by atoms with Crippen LogP contribution in [0.5, 0.6) is 0 Å². The summed E-state index contributed by atoms with van der Waals surface area (Å²) < 4.78 is 16.0. The van der Waals surface area contributed by atoms with Crippen molar-refractivity contribution >= 4 is 12.0 Å². The maximum absolute atomic E-state index is 14.3. The quantitative estimate of drug-likeness (QED) is 0.729. The van der Waals surface area contributed by atoms with E-state index in [1.54, 1.807) is 53.6 Å². The Bertz CT molecular complexity index is 903. The van der Waals surface area contributed by atoms with Crippen molar-refractivity contribution in [3.05, 3.63) is 84.0 Å². The molecule has 1 N–H and O–H groups in total. The monoisotopic (exact) mass is 336 g/mol. The predicted molar refractivity (Wildman–Crippen MR) is 93.4 cm³/mol. The zero-order valence-electron chi connectivity index (χ0n) is 13.7. The van der Waals surface area contributed by atoms with E-state index in [-0.39, 0.29) is 18.3 Å². The van der Waals surface area contributed by atoms with Crippen LogP contribution in [0.15, 0.2) is 61.2 Å². The highest BCUT2D eigenvalue weighted by Crippen LogP contribution is 2.16. The lowest BCUT2D eigenvalue weighted by molar-refractivity contribution is -0.116. The number of carbonyl (C=O) groups is 1. The molecular weight excluding hydrogens is 319 g/mol. The molecule has 2 heterocycles. The molecule has 0 radical (unpaired) electrons. The van der Waals surface area contributed by atoms with E-state index in [4.69, 9.17) is 0 Å². The molecule has 0 aliphatic heterocycles. The summed E-state index contributed by atoms with van der Waals surface area (Å²) in [5.41, 5.74) is 1.95. The van der Waals surface area contributed by atoms with E-state index in [2.05, 4.69) is 15.3 Å². The molecule has 3 aromatic rings. The van der Waals surface area contributed by atoms with Crippen molar-refractivity contribution < 1.29 is 9.18 Å². The average molecular weight is 336 g/mol. The van der Waals surface area contributed by atoms with Gasteiger partial charge in [0.2, 0.25) is 5.91 Å². The van der Waals surface area contributed by atoms with Crippen molar-refractivity contribution in [2.24, 2.45) is 0 Å². The molecule has 0 aliphatic carbocycles. The minimum Gasteiger partial charge on any atom is -0.348 e. The molecule has 0 unspecified atom stereocenters. The largest absolute Gasteiger partial charge is 0.348 e. The van der Waals surface area contributed by atoms with Crippen molar-refractivity contribution in [1.82, 2.24) is 19.9 Å². The van der Waals surface area contributed by atoms with Crippen LogP contribution < -0.4 is 5.32 Å². The molecule has 25 heavy (non-hydrogen) atoms. The number of benzene rings is 1. The van der Waals surface area contributed by atoms with E-state index >= 15 is 0 Å². The van der Waals surface area contributed by atoms with Crippen molar-refractivity contribution in [3.8, 4) is 5.69 Å². The van der Waals surface area contributed by atoms with E-state index in [1.165, 1.54) is 12.1 Å². The first-order chi connectivity index (χ1) is 12.1. The van der Waals surface area contributed by atoms with Gasteiger partial charge in [0.25, 0.3) is 0 Å². The summed E-state index contributed by atoms with van der Waals surface area (Å²) in [4.78, 5) is 19.9. The second kappa shape index (κ2) is 7.53. The second-order valence-corrected chi connectivity index (χ2v) is 5.47. The number of carbonyl (C=O) groups excluding carboxylic acids is 1. The summed E-state index contributed by atoms with van der Waals surface area (Å²) in [6.07, 6.45) is 9.76. The number of aromatic nitrogens is 3. The van der Waals surface area contributed by atoms with Crippen molar-refractivity contribution in [3.63, 3.8) is 0 Å². The fraction of sp³-hybridized carbons (Fsp3) is 0.105. The SMILES string of the molecule is Cc1nccn1-c1ccc(CNC(=O)C=Cc2cccnc2)cc1F. The molecular formula is C19H17FN4O. The van der Waals surface area contributed by atoms with Gasteiger partial charge in [-0.05, 0) is 42.3 Å². The molecule has 0 fully saturated rings. The van der Waals surface area contributed by atoms with Crippen LogP contribution in [-0.2, 0) is 11.3 Å². The number of hydrogen-bond acceptors (Lipinski definition) is 3. The standard InChI is InChI=1S/C19H17FN4O/c1-14-22-9-10-24(14)18-6-4-16(11-17(18)20)13-23-19(25)7-5-15-3-2-8-21-12-15/h2-12H,13H2,1H3,(H,23,25). The Kier molecular flexibility index (Phi) is 4.99. The minimum atomic E-state index is -0.362. The number of rotatable bonds is 5. The number of halogens is 1. The smallest absolute Gasteiger partial charge is 0.244 e. The van der Waals surface area contributed by atoms with Crippen LogP contribution in [0, 0.1) is 12.7 Å². The Balaban J connectivity index is 1.62. The number of nitrogens with one attached hydrogen (secondary N) is 1. The van der Waals surface area contributed by atoms with Gasteiger partial charge >= 0.3 is 0 Å². The van der Waals surface area contributed by atoms with Crippen molar-refractivity contribution in [1.29, 1.82) is 0 Å². The first-order valence-corrected chi connectivity index (χ1v) is 7.78. The zero-order valence-corrected chi connectivity index (χ0v) is 13.7. The van der Waals surface area contributed by atoms with Crippen LogP contribution in [0.3, 0.4) is 0 Å². The van der Waals surface area contributed by atoms with Crippen molar-refractivity contribution in [2.75, 3.05) is 0 Å². The van der Waals surface area contributed by atoms with Gasteiger partial charge in [0, 0.05) is 37.4 Å². The Morgan fingerprint density at radius 3 is 2.88 bits per heavy atom. The highest BCUT2D eigenvalue weighted by molar-refractivity contribution is 5.91. The van der Waals surface area contributed by atoms with Gasteiger partial charge in [-0.1, -0.05) is 12.1 Å². The van der Waals surface area contributed by atoms with E-state index in [0.717, 1.165) is 5.56 Å². The molecule has 0 spiro atoms. The van der Waals surface area contributed by atoms with Gasteiger partial charge in [0.15, 0.2) is 0 Å². The summed E-state index contributed by atoms with van der Waals surface area (Å²) in [5, 5.41) is 2.73. The van der Waals surface area contributed by atoms with Gasteiger partial charge in [-0.15, -0.1) is 0 Å².